The number of nitrogens with zero attached hydrogens (tertiary/aromatic N) is 3. The van der Waals surface area contributed by atoms with Crippen molar-refractivity contribution >= 4 is 28.3 Å². The van der Waals surface area contributed by atoms with Crippen molar-refractivity contribution in [2.45, 2.75) is 25.3 Å². The van der Waals surface area contributed by atoms with Crippen LogP contribution in [0.25, 0.3) is 16.6 Å². The summed E-state index contributed by atoms with van der Waals surface area (Å²) < 4.78 is 7.27. The molecule has 0 aliphatic heterocycles. The molecule has 1 aliphatic carbocycles. The van der Waals surface area contributed by atoms with Gasteiger partial charge in [-0.1, -0.05) is 12.1 Å². The molecular weight excluding hydrogens is 368 g/mol. The summed E-state index contributed by atoms with van der Waals surface area (Å²) in [5, 5.41) is 12.8. The first-order valence-corrected chi connectivity index (χ1v) is 9.55. The Balaban J connectivity index is 1.59. The second kappa shape index (κ2) is 6.77. The minimum Gasteiger partial charge on any atom is -0.497 e. The third-order valence-electron chi connectivity index (χ3n) is 5.29. The monoisotopic (exact) mass is 388 g/mol. The number of hydrogen-bond acceptors (Lipinski definition) is 5. The predicted octanol–water partition coefficient (Wildman–Crippen LogP) is 4.08. The van der Waals surface area contributed by atoms with Crippen molar-refractivity contribution in [3.8, 4) is 5.75 Å². The van der Waals surface area contributed by atoms with Crippen LogP contribution in [0, 0.1) is 0 Å². The van der Waals surface area contributed by atoms with Gasteiger partial charge in [-0.3, -0.25) is 4.40 Å². The molecule has 0 saturated heterocycles. The number of hydrogen-bond donors (Lipinski definition) is 2. The lowest BCUT2D eigenvalue weighted by Crippen LogP contribution is -2.06. The molecule has 2 aromatic carbocycles. The first-order valence-electron chi connectivity index (χ1n) is 9.55. The Morgan fingerprint density at radius 3 is 2.69 bits per heavy atom. The van der Waals surface area contributed by atoms with Gasteiger partial charge in [0.2, 0.25) is 0 Å². The third-order valence-corrected chi connectivity index (χ3v) is 5.29. The van der Waals surface area contributed by atoms with Crippen molar-refractivity contribution < 1.29 is 14.6 Å². The van der Waals surface area contributed by atoms with E-state index in [1.54, 1.807) is 25.3 Å². The van der Waals surface area contributed by atoms with Crippen LogP contribution in [0.5, 0.6) is 5.75 Å². The highest BCUT2D eigenvalue weighted by Crippen LogP contribution is 2.41. The average Bonchev–Trinajstić information content (AvgIpc) is 3.49. The third kappa shape index (κ3) is 3.14. The molecule has 4 aromatic rings. The number of methoxy groups -OCH3 is 1. The zero-order valence-electron chi connectivity index (χ0n) is 15.9. The highest BCUT2D eigenvalue weighted by Gasteiger charge is 2.29. The van der Waals surface area contributed by atoms with Gasteiger partial charge in [-0.25, -0.2) is 14.8 Å². The van der Waals surface area contributed by atoms with Gasteiger partial charge in [-0.15, -0.1) is 0 Å². The largest absolute Gasteiger partial charge is 0.497 e. The zero-order valence-corrected chi connectivity index (χ0v) is 15.9. The molecule has 1 aliphatic rings. The molecule has 7 heteroatoms. The quantitative estimate of drug-likeness (QED) is 0.517. The molecule has 0 spiro atoms. The predicted molar refractivity (Wildman–Crippen MR) is 110 cm³/mol. The number of carboxylic acids is 1. The lowest BCUT2D eigenvalue weighted by molar-refractivity contribution is 0.0697. The van der Waals surface area contributed by atoms with E-state index in [-0.39, 0.29) is 5.56 Å². The van der Waals surface area contributed by atoms with Crippen molar-refractivity contribution in [3.05, 3.63) is 65.6 Å². The van der Waals surface area contributed by atoms with E-state index in [9.17, 15) is 9.90 Å². The Morgan fingerprint density at radius 2 is 2.00 bits per heavy atom. The lowest BCUT2D eigenvalue weighted by atomic mass is 10.2. The number of nitrogens with one attached hydrogen (secondary N) is 1. The van der Waals surface area contributed by atoms with Crippen LogP contribution in [0.2, 0.25) is 0 Å². The molecule has 0 amide bonds. The number of anilines is 1. The Hall–Kier alpha value is -3.61. The van der Waals surface area contributed by atoms with Gasteiger partial charge in [-0.2, -0.15) is 0 Å². The van der Waals surface area contributed by atoms with Crippen molar-refractivity contribution in [2.75, 3.05) is 12.4 Å². The van der Waals surface area contributed by atoms with Gasteiger partial charge >= 0.3 is 5.97 Å². The summed E-state index contributed by atoms with van der Waals surface area (Å²) in [7, 11) is 1.65. The van der Waals surface area contributed by atoms with E-state index >= 15 is 0 Å². The van der Waals surface area contributed by atoms with Gasteiger partial charge in [-0.05, 0) is 48.7 Å². The summed E-state index contributed by atoms with van der Waals surface area (Å²) in [6.45, 7) is 0.606. The fourth-order valence-corrected chi connectivity index (χ4v) is 3.58. The molecule has 0 bridgehead atoms. The van der Waals surface area contributed by atoms with Crippen LogP contribution in [0.15, 0.2) is 48.7 Å². The van der Waals surface area contributed by atoms with E-state index in [0.717, 1.165) is 52.3 Å². The van der Waals surface area contributed by atoms with E-state index in [4.69, 9.17) is 9.72 Å². The van der Waals surface area contributed by atoms with Gasteiger partial charge < -0.3 is 15.2 Å². The van der Waals surface area contributed by atoms with E-state index in [1.165, 1.54) is 0 Å². The maximum atomic E-state index is 11.5. The number of rotatable bonds is 6. The first-order chi connectivity index (χ1) is 14.1. The van der Waals surface area contributed by atoms with E-state index in [2.05, 4.69) is 14.7 Å². The van der Waals surface area contributed by atoms with E-state index in [1.807, 2.05) is 30.5 Å². The maximum Gasteiger partial charge on any atom is 0.335 e. The SMILES string of the molecule is COc1ccc(CNc2nc3ccc(C(=O)O)cc3n3c(C4CC4)ncc23)cc1. The molecule has 0 unspecified atom stereocenters. The van der Waals surface area contributed by atoms with Gasteiger partial charge in [0.1, 0.15) is 17.1 Å². The highest BCUT2D eigenvalue weighted by atomic mass is 16.5. The van der Waals surface area contributed by atoms with Crippen molar-refractivity contribution in [2.24, 2.45) is 0 Å². The average molecular weight is 388 g/mol. The summed E-state index contributed by atoms with van der Waals surface area (Å²) in [5.74, 6) is 2.00. The van der Waals surface area contributed by atoms with Gasteiger partial charge in [0.25, 0.3) is 0 Å². The minimum absolute atomic E-state index is 0.245. The molecule has 2 heterocycles. The first kappa shape index (κ1) is 17.5. The summed E-state index contributed by atoms with van der Waals surface area (Å²) in [6.07, 6.45) is 4.04. The standard InChI is InChI=1S/C22H20N4O3/c1-29-16-7-2-13(3-8-16)11-23-20-19-12-24-21(14-4-5-14)26(19)18-10-15(22(27)28)6-9-17(18)25-20/h2-3,6-10,12,14H,4-5,11H2,1H3,(H,23,25)(H,27,28). The van der Waals surface area contributed by atoms with Gasteiger partial charge in [0.05, 0.1) is 29.9 Å². The highest BCUT2D eigenvalue weighted by molar-refractivity contribution is 5.94. The van der Waals surface area contributed by atoms with Crippen molar-refractivity contribution in [1.29, 1.82) is 0 Å². The minimum atomic E-state index is -0.949. The Kier molecular flexibility index (Phi) is 4.08. The van der Waals surface area contributed by atoms with Gasteiger partial charge in [0, 0.05) is 12.5 Å². The fraction of sp³-hybridized carbons (Fsp3) is 0.227. The van der Waals surface area contributed by atoms with Crippen LogP contribution in [-0.2, 0) is 6.54 Å². The molecule has 7 nitrogen and oxygen atoms in total. The van der Waals surface area contributed by atoms with Crippen LogP contribution in [0.1, 0.15) is 40.5 Å². The Morgan fingerprint density at radius 1 is 1.21 bits per heavy atom. The molecule has 0 atom stereocenters. The normalized spacial score (nSPS) is 13.7. The van der Waals surface area contributed by atoms with E-state index in [0.29, 0.717) is 12.5 Å². The lowest BCUT2D eigenvalue weighted by Gasteiger charge is -2.12. The molecule has 5 rings (SSSR count). The fourth-order valence-electron chi connectivity index (χ4n) is 3.58. The second-order valence-corrected chi connectivity index (χ2v) is 7.28. The summed E-state index contributed by atoms with van der Waals surface area (Å²) in [5.41, 5.74) is 3.72. The van der Waals surface area contributed by atoms with E-state index < -0.39 is 5.97 Å². The second-order valence-electron chi connectivity index (χ2n) is 7.28. The summed E-state index contributed by atoms with van der Waals surface area (Å²) in [6, 6.07) is 12.9. The zero-order chi connectivity index (χ0) is 20.0. The maximum absolute atomic E-state index is 11.5. The number of carbonyl (C=O) groups is 1. The summed E-state index contributed by atoms with van der Waals surface area (Å²) >= 11 is 0. The molecule has 1 fully saturated rings. The number of imidazole rings is 1. The number of aromatic nitrogens is 3. The Labute approximate surface area is 167 Å². The number of carboxylic acid groups (broad SMARTS) is 1. The summed E-state index contributed by atoms with van der Waals surface area (Å²) in [4.78, 5) is 20.9. The number of fused-ring (bicyclic) bond motifs is 3. The molecular formula is C22H20N4O3. The molecule has 29 heavy (non-hydrogen) atoms. The van der Waals surface area contributed by atoms with Crippen LogP contribution < -0.4 is 10.1 Å². The molecule has 146 valence electrons. The molecule has 0 radical (unpaired) electrons. The van der Waals surface area contributed by atoms with Crippen molar-refractivity contribution in [1.82, 2.24) is 14.4 Å². The van der Waals surface area contributed by atoms with Crippen LogP contribution in [0.3, 0.4) is 0 Å². The molecule has 2 N–H and O–H groups in total. The molecule has 2 aromatic heterocycles. The number of benzene rings is 2. The topological polar surface area (TPSA) is 88.8 Å². The Bertz CT molecular complexity index is 1230. The molecule has 1 saturated carbocycles. The smallest absolute Gasteiger partial charge is 0.335 e. The van der Waals surface area contributed by atoms with Gasteiger partial charge in [0.15, 0.2) is 5.82 Å². The van der Waals surface area contributed by atoms with Crippen LogP contribution in [-0.4, -0.2) is 32.6 Å². The number of ether oxygens (including phenoxy) is 1. The number of aromatic carboxylic acids is 1. The van der Waals surface area contributed by atoms with Crippen LogP contribution >= 0.6 is 0 Å². The van der Waals surface area contributed by atoms with Crippen molar-refractivity contribution in [3.63, 3.8) is 0 Å². The van der Waals surface area contributed by atoms with Crippen LogP contribution in [0.4, 0.5) is 5.82 Å².